The van der Waals surface area contributed by atoms with E-state index in [1.54, 1.807) is 19.0 Å². The van der Waals surface area contributed by atoms with E-state index in [9.17, 15) is 4.79 Å². The third kappa shape index (κ3) is 3.25. The molecule has 2 heterocycles. The first kappa shape index (κ1) is 14.3. The number of likely N-dealkylation sites (N-methyl/N-ethyl adjacent to an activating group) is 1. The fraction of sp³-hybridized carbons (Fsp3) is 0.667. The van der Waals surface area contributed by atoms with Crippen LogP contribution in [-0.2, 0) is 4.79 Å². The third-order valence-electron chi connectivity index (χ3n) is 3.18. The Labute approximate surface area is 118 Å². The standard InChI is InChI=1S/C12H20N6O2/c1-13-10-14-11(16-12(15-10)20-3)17(2)8-9(19)18-6-4-5-7-18/h4-8H2,1-3H3,(H,13,14,15,16). The zero-order valence-electron chi connectivity index (χ0n) is 12.1. The smallest absolute Gasteiger partial charge is 0.322 e. The van der Waals surface area contributed by atoms with E-state index in [1.165, 1.54) is 7.11 Å². The summed E-state index contributed by atoms with van der Waals surface area (Å²) in [5.74, 6) is 0.913. The molecule has 0 aliphatic carbocycles. The number of methoxy groups -OCH3 is 1. The molecule has 8 heteroatoms. The second kappa shape index (κ2) is 6.36. The monoisotopic (exact) mass is 280 g/mol. The van der Waals surface area contributed by atoms with Crippen molar-refractivity contribution in [3.8, 4) is 6.01 Å². The highest BCUT2D eigenvalue weighted by molar-refractivity contribution is 5.81. The van der Waals surface area contributed by atoms with Gasteiger partial charge in [-0.1, -0.05) is 0 Å². The number of anilines is 2. The summed E-state index contributed by atoms with van der Waals surface area (Å²) in [5, 5.41) is 2.84. The molecule has 0 unspecified atom stereocenters. The van der Waals surface area contributed by atoms with Crippen molar-refractivity contribution in [2.24, 2.45) is 0 Å². The van der Waals surface area contributed by atoms with E-state index in [0.29, 0.717) is 11.9 Å². The van der Waals surface area contributed by atoms with Gasteiger partial charge in [-0.25, -0.2) is 0 Å². The minimum atomic E-state index is 0.0930. The number of nitrogens with zero attached hydrogens (tertiary/aromatic N) is 5. The Bertz CT molecular complexity index is 453. The third-order valence-corrected chi connectivity index (χ3v) is 3.18. The van der Waals surface area contributed by atoms with Gasteiger partial charge >= 0.3 is 6.01 Å². The van der Waals surface area contributed by atoms with Crippen molar-refractivity contribution in [1.82, 2.24) is 19.9 Å². The maximum Gasteiger partial charge on any atom is 0.322 e. The van der Waals surface area contributed by atoms with Crippen LogP contribution in [-0.4, -0.2) is 66.6 Å². The number of hydrogen-bond acceptors (Lipinski definition) is 7. The Hall–Kier alpha value is -2.12. The van der Waals surface area contributed by atoms with Gasteiger partial charge in [0.2, 0.25) is 17.8 Å². The van der Waals surface area contributed by atoms with Crippen molar-refractivity contribution in [1.29, 1.82) is 0 Å². The first-order chi connectivity index (χ1) is 9.63. The molecule has 1 aliphatic heterocycles. The first-order valence-corrected chi connectivity index (χ1v) is 6.60. The quantitative estimate of drug-likeness (QED) is 0.811. The highest BCUT2D eigenvalue weighted by Gasteiger charge is 2.20. The lowest BCUT2D eigenvalue weighted by molar-refractivity contribution is -0.128. The van der Waals surface area contributed by atoms with Gasteiger partial charge in [0.25, 0.3) is 0 Å². The van der Waals surface area contributed by atoms with Gasteiger partial charge in [0.15, 0.2) is 0 Å². The van der Waals surface area contributed by atoms with Crippen molar-refractivity contribution in [3.05, 3.63) is 0 Å². The average Bonchev–Trinajstić information content (AvgIpc) is 3.00. The minimum absolute atomic E-state index is 0.0930. The van der Waals surface area contributed by atoms with Gasteiger partial charge in [0, 0.05) is 27.2 Å². The Balaban J connectivity index is 2.07. The molecule has 1 aromatic rings. The molecule has 2 rings (SSSR count). The van der Waals surface area contributed by atoms with Crippen LogP contribution in [0.4, 0.5) is 11.9 Å². The van der Waals surface area contributed by atoms with Crippen LogP contribution < -0.4 is 15.0 Å². The van der Waals surface area contributed by atoms with Crippen molar-refractivity contribution in [2.45, 2.75) is 12.8 Å². The molecule has 110 valence electrons. The fourth-order valence-corrected chi connectivity index (χ4v) is 2.06. The van der Waals surface area contributed by atoms with Crippen LogP contribution in [0.3, 0.4) is 0 Å². The van der Waals surface area contributed by atoms with Gasteiger partial charge in [0.1, 0.15) is 0 Å². The fourth-order valence-electron chi connectivity index (χ4n) is 2.06. The Kier molecular flexibility index (Phi) is 4.54. The number of carbonyl (C=O) groups excluding carboxylic acids is 1. The summed E-state index contributed by atoms with van der Waals surface area (Å²) in [7, 11) is 4.99. The predicted molar refractivity (Wildman–Crippen MR) is 75.0 cm³/mol. The number of amides is 1. The number of ether oxygens (including phenoxy) is 1. The van der Waals surface area contributed by atoms with Gasteiger partial charge in [0.05, 0.1) is 13.7 Å². The van der Waals surface area contributed by atoms with E-state index in [4.69, 9.17) is 4.74 Å². The van der Waals surface area contributed by atoms with Gasteiger partial charge in [-0.05, 0) is 12.8 Å². The molecule has 0 aromatic carbocycles. The molecule has 1 fully saturated rings. The summed E-state index contributed by atoms with van der Waals surface area (Å²) in [6.07, 6.45) is 2.16. The molecule has 0 saturated carbocycles. The van der Waals surface area contributed by atoms with Crippen LogP contribution in [0.5, 0.6) is 6.01 Å². The zero-order chi connectivity index (χ0) is 14.5. The maximum atomic E-state index is 12.1. The zero-order valence-corrected chi connectivity index (χ0v) is 12.1. The molecule has 1 saturated heterocycles. The molecule has 20 heavy (non-hydrogen) atoms. The van der Waals surface area contributed by atoms with Crippen LogP contribution >= 0.6 is 0 Å². The Morgan fingerprint density at radius 1 is 1.35 bits per heavy atom. The average molecular weight is 280 g/mol. The number of carbonyl (C=O) groups is 1. The molecule has 1 amide bonds. The van der Waals surface area contributed by atoms with Crippen molar-refractivity contribution >= 4 is 17.8 Å². The second-order valence-electron chi connectivity index (χ2n) is 4.64. The molecule has 1 N–H and O–H groups in total. The van der Waals surface area contributed by atoms with E-state index >= 15 is 0 Å². The topological polar surface area (TPSA) is 83.5 Å². The van der Waals surface area contributed by atoms with Crippen LogP contribution in [0.1, 0.15) is 12.8 Å². The maximum absolute atomic E-state index is 12.1. The second-order valence-corrected chi connectivity index (χ2v) is 4.64. The Morgan fingerprint density at radius 2 is 2.05 bits per heavy atom. The largest absolute Gasteiger partial charge is 0.467 e. The summed E-state index contributed by atoms with van der Waals surface area (Å²) in [6, 6.07) is 0.222. The summed E-state index contributed by atoms with van der Waals surface area (Å²) < 4.78 is 5.03. The highest BCUT2D eigenvalue weighted by atomic mass is 16.5. The SMILES string of the molecule is CNc1nc(OC)nc(N(C)CC(=O)N2CCCC2)n1. The minimum Gasteiger partial charge on any atom is -0.467 e. The molecule has 8 nitrogen and oxygen atoms in total. The van der Waals surface area contributed by atoms with Crippen LogP contribution in [0.2, 0.25) is 0 Å². The van der Waals surface area contributed by atoms with Crippen LogP contribution in [0.15, 0.2) is 0 Å². The summed E-state index contributed by atoms with van der Waals surface area (Å²) in [4.78, 5) is 28.1. The first-order valence-electron chi connectivity index (χ1n) is 6.60. The molecule has 1 aromatic heterocycles. The molecular weight excluding hydrogens is 260 g/mol. The highest BCUT2D eigenvalue weighted by Crippen LogP contribution is 2.14. The summed E-state index contributed by atoms with van der Waals surface area (Å²) in [5.41, 5.74) is 0. The van der Waals surface area contributed by atoms with Gasteiger partial charge in [-0.15, -0.1) is 0 Å². The van der Waals surface area contributed by atoms with E-state index in [2.05, 4.69) is 20.3 Å². The van der Waals surface area contributed by atoms with E-state index in [-0.39, 0.29) is 18.5 Å². The van der Waals surface area contributed by atoms with Crippen LogP contribution in [0.25, 0.3) is 0 Å². The molecule has 0 spiro atoms. The van der Waals surface area contributed by atoms with Crippen molar-refractivity contribution in [3.63, 3.8) is 0 Å². The van der Waals surface area contributed by atoms with Crippen molar-refractivity contribution < 1.29 is 9.53 Å². The van der Waals surface area contributed by atoms with Gasteiger partial charge in [-0.3, -0.25) is 4.79 Å². The van der Waals surface area contributed by atoms with Crippen molar-refractivity contribution in [2.75, 3.05) is 51.1 Å². The number of nitrogens with one attached hydrogen (secondary N) is 1. The predicted octanol–water partition coefficient (Wildman–Crippen LogP) is -0.0195. The Morgan fingerprint density at radius 3 is 2.65 bits per heavy atom. The molecular formula is C12H20N6O2. The normalized spacial score (nSPS) is 14.2. The summed E-state index contributed by atoms with van der Waals surface area (Å²) >= 11 is 0. The lowest BCUT2D eigenvalue weighted by Gasteiger charge is -2.21. The molecule has 1 aliphatic rings. The van der Waals surface area contributed by atoms with E-state index in [1.807, 2.05) is 4.90 Å². The summed E-state index contributed by atoms with van der Waals surface area (Å²) in [6.45, 7) is 1.93. The molecule has 0 bridgehead atoms. The van der Waals surface area contributed by atoms with E-state index in [0.717, 1.165) is 25.9 Å². The van der Waals surface area contributed by atoms with E-state index < -0.39 is 0 Å². The number of likely N-dealkylation sites (tertiary alicyclic amines) is 1. The number of aromatic nitrogens is 3. The van der Waals surface area contributed by atoms with Crippen LogP contribution in [0, 0.1) is 0 Å². The molecule has 0 atom stereocenters. The number of hydrogen-bond donors (Lipinski definition) is 1. The van der Waals surface area contributed by atoms with Gasteiger partial charge < -0.3 is 19.9 Å². The van der Waals surface area contributed by atoms with Gasteiger partial charge in [-0.2, -0.15) is 15.0 Å². The molecule has 0 radical (unpaired) electrons. The lowest BCUT2D eigenvalue weighted by atomic mass is 10.4. The number of rotatable bonds is 5. The lowest BCUT2D eigenvalue weighted by Crippen LogP contribution is -2.38.